The van der Waals surface area contributed by atoms with Gasteiger partial charge in [0.05, 0.1) is 23.8 Å². The summed E-state index contributed by atoms with van der Waals surface area (Å²) in [6.45, 7) is 4.52. The quantitative estimate of drug-likeness (QED) is 0.341. The number of aryl methyl sites for hydroxylation is 1. The van der Waals surface area contributed by atoms with E-state index in [2.05, 4.69) is 4.98 Å². The molecule has 0 fully saturated rings. The van der Waals surface area contributed by atoms with Crippen LogP contribution < -0.4 is 5.56 Å². The van der Waals surface area contributed by atoms with E-state index in [-0.39, 0.29) is 41.4 Å². The lowest BCUT2D eigenvalue weighted by molar-refractivity contribution is -0.121. The SMILES string of the molecule is CCC(=O)[C@@](C)(CCn1cnc2cc(-c3ccc(CN(C)CCOC)cc3F)c(F)cc2c1=O)S(C)(=O)=O. The number of ketones is 1. The summed E-state index contributed by atoms with van der Waals surface area (Å²) in [7, 11) is -0.261. The van der Waals surface area contributed by atoms with Gasteiger partial charge in [-0.05, 0) is 44.2 Å². The number of fused-ring (bicyclic) bond motifs is 1. The zero-order valence-electron chi connectivity index (χ0n) is 22.3. The molecule has 0 aliphatic rings. The van der Waals surface area contributed by atoms with Crippen LogP contribution in [0.25, 0.3) is 22.0 Å². The summed E-state index contributed by atoms with van der Waals surface area (Å²) in [4.78, 5) is 31.7. The van der Waals surface area contributed by atoms with Crippen LogP contribution in [0.3, 0.4) is 0 Å². The number of halogens is 2. The second kappa shape index (κ2) is 11.8. The molecule has 8 nitrogen and oxygen atoms in total. The van der Waals surface area contributed by atoms with Crippen LogP contribution in [0.4, 0.5) is 8.78 Å². The Morgan fingerprint density at radius 3 is 2.45 bits per heavy atom. The third kappa shape index (κ3) is 6.16. The molecule has 0 unspecified atom stereocenters. The van der Waals surface area contributed by atoms with Crippen LogP contribution in [-0.2, 0) is 32.5 Å². The normalized spacial score (nSPS) is 13.7. The van der Waals surface area contributed by atoms with Crippen LogP contribution in [0.5, 0.6) is 0 Å². The van der Waals surface area contributed by atoms with Crippen molar-refractivity contribution in [1.82, 2.24) is 14.5 Å². The largest absolute Gasteiger partial charge is 0.383 e. The maximum absolute atomic E-state index is 15.1. The van der Waals surface area contributed by atoms with Gasteiger partial charge in [0.1, 0.15) is 16.4 Å². The molecule has 1 heterocycles. The van der Waals surface area contributed by atoms with E-state index in [0.717, 1.165) is 22.5 Å². The van der Waals surface area contributed by atoms with Gasteiger partial charge < -0.3 is 4.74 Å². The van der Waals surface area contributed by atoms with Gasteiger partial charge in [0.25, 0.3) is 5.56 Å². The van der Waals surface area contributed by atoms with E-state index >= 15 is 4.39 Å². The average Bonchev–Trinajstić information content (AvgIpc) is 2.86. The van der Waals surface area contributed by atoms with Crippen molar-refractivity contribution in [2.24, 2.45) is 0 Å². The van der Waals surface area contributed by atoms with Gasteiger partial charge in [-0.1, -0.05) is 19.1 Å². The van der Waals surface area contributed by atoms with Crippen LogP contribution in [-0.4, -0.2) is 67.0 Å². The molecular weight excluding hydrogens is 516 g/mol. The van der Waals surface area contributed by atoms with E-state index in [1.165, 1.54) is 31.5 Å². The Balaban J connectivity index is 1.92. The third-order valence-corrected chi connectivity index (χ3v) is 8.99. The monoisotopic (exact) mass is 549 g/mol. The molecule has 0 saturated carbocycles. The predicted octanol–water partition coefficient (Wildman–Crippen LogP) is 3.59. The van der Waals surface area contributed by atoms with Crippen LogP contribution in [0.2, 0.25) is 0 Å². The van der Waals surface area contributed by atoms with Gasteiger partial charge in [0.15, 0.2) is 15.6 Å². The maximum atomic E-state index is 15.1. The lowest BCUT2D eigenvalue weighted by Crippen LogP contribution is -2.44. The first-order chi connectivity index (χ1) is 17.8. The number of aromatic nitrogens is 2. The summed E-state index contributed by atoms with van der Waals surface area (Å²) in [5.74, 6) is -1.85. The van der Waals surface area contributed by atoms with Gasteiger partial charge in [-0.25, -0.2) is 22.2 Å². The Morgan fingerprint density at radius 1 is 1.16 bits per heavy atom. The standard InChI is InChI=1S/C27H33F2N3O5S/c1-6-25(33)27(2,38(5,35)36)9-10-32-17-30-24-15-20(23(29)14-21(24)26(32)34)19-8-7-18(13-22(19)28)16-31(3)11-12-37-4/h7-8,13-15,17H,6,9-12,16H2,1-5H3/t27-/m1/s1. The number of sulfone groups is 1. The first-order valence-electron chi connectivity index (χ1n) is 12.2. The molecule has 0 saturated heterocycles. The molecule has 0 bridgehead atoms. The van der Waals surface area contributed by atoms with Crippen molar-refractivity contribution in [2.45, 2.75) is 44.5 Å². The number of methoxy groups -OCH3 is 1. The highest BCUT2D eigenvalue weighted by Crippen LogP contribution is 2.29. The third-order valence-electron chi connectivity index (χ3n) is 6.93. The number of ether oxygens (including phenoxy) is 1. The van der Waals surface area contributed by atoms with Crippen molar-refractivity contribution in [1.29, 1.82) is 0 Å². The first-order valence-corrected chi connectivity index (χ1v) is 14.1. The summed E-state index contributed by atoms with van der Waals surface area (Å²) in [5, 5.41) is -0.0339. The molecule has 0 spiro atoms. The minimum absolute atomic E-state index is 0.0304. The molecule has 1 aromatic heterocycles. The lowest BCUT2D eigenvalue weighted by atomic mass is 9.99. The number of rotatable bonds is 12. The molecule has 38 heavy (non-hydrogen) atoms. The Kier molecular flexibility index (Phi) is 9.17. The molecule has 3 rings (SSSR count). The Morgan fingerprint density at radius 2 is 1.84 bits per heavy atom. The fraction of sp³-hybridized carbons (Fsp3) is 0.444. The summed E-state index contributed by atoms with van der Waals surface area (Å²) in [5.41, 5.74) is 0.309. The number of nitrogens with zero attached hydrogens (tertiary/aromatic N) is 3. The Hall–Kier alpha value is -3.02. The minimum atomic E-state index is -3.75. The first kappa shape index (κ1) is 29.5. The van der Waals surface area contributed by atoms with Crippen LogP contribution in [0.1, 0.15) is 32.3 Å². The molecule has 2 aromatic carbocycles. The zero-order chi connectivity index (χ0) is 28.3. The van der Waals surface area contributed by atoms with Crippen LogP contribution in [0.15, 0.2) is 41.5 Å². The summed E-state index contributed by atoms with van der Waals surface area (Å²) >= 11 is 0. The summed E-state index contributed by atoms with van der Waals surface area (Å²) < 4.78 is 59.3. The number of benzene rings is 2. The molecule has 0 aliphatic heterocycles. The lowest BCUT2D eigenvalue weighted by Gasteiger charge is -2.26. The molecule has 0 radical (unpaired) electrons. The molecule has 0 amide bonds. The average molecular weight is 550 g/mol. The van der Waals surface area contributed by atoms with Gasteiger partial charge in [0.2, 0.25) is 0 Å². The number of hydrogen-bond donors (Lipinski definition) is 0. The number of hydrogen-bond acceptors (Lipinski definition) is 7. The summed E-state index contributed by atoms with van der Waals surface area (Å²) in [6, 6.07) is 6.89. The van der Waals surface area contributed by atoms with Crippen molar-refractivity contribution in [3.63, 3.8) is 0 Å². The number of likely N-dealkylation sites (N-methyl/N-ethyl adjacent to an activating group) is 1. The number of Topliss-reactive ketones (excluding diaryl/α,β-unsaturated/α-hetero) is 1. The molecule has 1 atom stereocenters. The van der Waals surface area contributed by atoms with Crippen molar-refractivity contribution >= 4 is 26.5 Å². The van der Waals surface area contributed by atoms with Gasteiger partial charge in [0, 0.05) is 50.5 Å². The van der Waals surface area contributed by atoms with Crippen molar-refractivity contribution in [3.8, 4) is 11.1 Å². The molecule has 206 valence electrons. The van der Waals surface area contributed by atoms with E-state index in [4.69, 9.17) is 4.74 Å². The molecule has 11 heteroatoms. The van der Waals surface area contributed by atoms with Gasteiger partial charge >= 0.3 is 0 Å². The van der Waals surface area contributed by atoms with E-state index in [9.17, 15) is 22.4 Å². The van der Waals surface area contributed by atoms with E-state index in [1.807, 2.05) is 11.9 Å². The van der Waals surface area contributed by atoms with E-state index in [0.29, 0.717) is 19.7 Å². The second-order valence-corrected chi connectivity index (χ2v) is 12.1. The molecular formula is C27H33F2N3O5S. The van der Waals surface area contributed by atoms with E-state index in [1.54, 1.807) is 20.1 Å². The highest BCUT2D eigenvalue weighted by molar-refractivity contribution is 7.92. The van der Waals surface area contributed by atoms with Gasteiger partial charge in [-0.3, -0.25) is 19.1 Å². The second-order valence-electron chi connectivity index (χ2n) is 9.67. The Bertz CT molecular complexity index is 1510. The van der Waals surface area contributed by atoms with Crippen LogP contribution >= 0.6 is 0 Å². The van der Waals surface area contributed by atoms with Crippen molar-refractivity contribution in [3.05, 3.63) is 64.2 Å². The van der Waals surface area contributed by atoms with Crippen molar-refractivity contribution < 1.29 is 26.7 Å². The highest BCUT2D eigenvalue weighted by atomic mass is 32.2. The zero-order valence-corrected chi connectivity index (χ0v) is 23.1. The number of carbonyl (C=O) groups excluding carboxylic acids is 1. The molecule has 3 aromatic rings. The van der Waals surface area contributed by atoms with E-state index < -0.39 is 37.6 Å². The van der Waals surface area contributed by atoms with Crippen molar-refractivity contribution in [2.75, 3.05) is 33.6 Å². The fourth-order valence-corrected chi connectivity index (χ4v) is 5.32. The maximum Gasteiger partial charge on any atom is 0.261 e. The smallest absolute Gasteiger partial charge is 0.261 e. The minimum Gasteiger partial charge on any atom is -0.383 e. The predicted molar refractivity (Wildman–Crippen MR) is 143 cm³/mol. The molecule has 0 aliphatic carbocycles. The molecule has 0 N–H and O–H groups in total. The fourth-order valence-electron chi connectivity index (χ4n) is 4.30. The van der Waals surface area contributed by atoms with Gasteiger partial charge in [-0.15, -0.1) is 0 Å². The highest BCUT2D eigenvalue weighted by Gasteiger charge is 2.41. The summed E-state index contributed by atoms with van der Waals surface area (Å²) in [6.07, 6.45) is 2.11. The Labute approximate surface area is 221 Å². The van der Waals surface area contributed by atoms with Gasteiger partial charge in [-0.2, -0.15) is 0 Å². The topological polar surface area (TPSA) is 98.6 Å². The van der Waals surface area contributed by atoms with Crippen LogP contribution in [0, 0.1) is 11.6 Å². The number of carbonyl (C=O) groups is 1.